The van der Waals surface area contributed by atoms with E-state index in [1.54, 1.807) is 6.07 Å². The Kier molecular flexibility index (Phi) is 7.43. The number of nitrogens with zero attached hydrogens (tertiary/aromatic N) is 2. The number of nitrogens with one attached hydrogen (secondary N) is 2. The van der Waals surface area contributed by atoms with Crippen molar-refractivity contribution in [3.63, 3.8) is 0 Å². The van der Waals surface area contributed by atoms with E-state index >= 15 is 0 Å². The summed E-state index contributed by atoms with van der Waals surface area (Å²) in [5, 5.41) is 5.20. The fraction of sp³-hybridized carbons (Fsp3) is 0.526. The molecular formula is C19H28N4O6S. The average molecular weight is 441 g/mol. The number of hydrogen-bond donors (Lipinski definition) is 2. The molecule has 1 aliphatic heterocycles. The topological polar surface area (TPSA) is 125 Å². The number of carbonyl (C=O) groups is 3. The summed E-state index contributed by atoms with van der Waals surface area (Å²) in [5.74, 6) is -0.874. The van der Waals surface area contributed by atoms with Crippen LogP contribution in [0.15, 0.2) is 24.3 Å². The van der Waals surface area contributed by atoms with Crippen LogP contribution >= 0.6 is 0 Å². The molecule has 3 amide bonds. The first-order valence-electron chi connectivity index (χ1n) is 9.46. The molecule has 166 valence electrons. The molecule has 0 aliphatic carbocycles. The van der Waals surface area contributed by atoms with Crippen molar-refractivity contribution in [1.82, 2.24) is 19.8 Å². The van der Waals surface area contributed by atoms with Gasteiger partial charge in [0, 0.05) is 25.7 Å². The Balaban J connectivity index is 1.97. The summed E-state index contributed by atoms with van der Waals surface area (Å²) in [4.78, 5) is 38.3. The Bertz CT molecular complexity index is 919. The van der Waals surface area contributed by atoms with Gasteiger partial charge in [-0.15, -0.1) is 0 Å². The van der Waals surface area contributed by atoms with Gasteiger partial charge in [-0.2, -0.15) is 4.31 Å². The molecule has 0 bridgehead atoms. The molecule has 0 saturated carbocycles. The highest BCUT2D eigenvalue weighted by atomic mass is 32.2. The Morgan fingerprint density at radius 1 is 1.23 bits per heavy atom. The summed E-state index contributed by atoms with van der Waals surface area (Å²) in [5.41, 5.74) is -0.632. The second-order valence-corrected chi connectivity index (χ2v) is 9.24. The van der Waals surface area contributed by atoms with E-state index in [9.17, 15) is 22.8 Å². The van der Waals surface area contributed by atoms with Gasteiger partial charge in [0.2, 0.25) is 27.7 Å². The second kappa shape index (κ2) is 9.43. The van der Waals surface area contributed by atoms with E-state index in [-0.39, 0.29) is 26.2 Å². The van der Waals surface area contributed by atoms with E-state index < -0.39 is 33.3 Å². The maximum Gasteiger partial charge on any atom is 0.247 e. The van der Waals surface area contributed by atoms with Crippen LogP contribution in [-0.2, 0) is 31.0 Å². The lowest BCUT2D eigenvalue weighted by Crippen LogP contribution is -2.68. The van der Waals surface area contributed by atoms with Crippen molar-refractivity contribution in [2.75, 3.05) is 39.5 Å². The molecule has 2 N–H and O–H groups in total. The predicted octanol–water partition coefficient (Wildman–Crippen LogP) is -0.690. The summed E-state index contributed by atoms with van der Waals surface area (Å²) in [6, 6.07) is 7.29. The van der Waals surface area contributed by atoms with Gasteiger partial charge >= 0.3 is 0 Å². The Morgan fingerprint density at radius 2 is 1.90 bits per heavy atom. The Labute approximate surface area is 176 Å². The first kappa shape index (κ1) is 23.6. The van der Waals surface area contributed by atoms with Gasteiger partial charge in [-0.05, 0) is 19.9 Å². The number of piperazine rings is 1. The van der Waals surface area contributed by atoms with E-state index in [1.807, 2.05) is 25.1 Å². The van der Waals surface area contributed by atoms with Gasteiger partial charge in [-0.25, -0.2) is 8.42 Å². The summed E-state index contributed by atoms with van der Waals surface area (Å²) in [6.07, 6.45) is 0.984. The fourth-order valence-corrected chi connectivity index (χ4v) is 3.88. The molecular weight excluding hydrogens is 412 g/mol. The summed E-state index contributed by atoms with van der Waals surface area (Å²) in [6.45, 7) is 3.23. The van der Waals surface area contributed by atoms with Crippen molar-refractivity contribution >= 4 is 27.7 Å². The molecule has 1 aromatic carbocycles. The first-order chi connectivity index (χ1) is 14.0. The molecule has 1 fully saturated rings. The van der Waals surface area contributed by atoms with Crippen LogP contribution in [-0.4, -0.2) is 80.4 Å². The lowest BCUT2D eigenvalue weighted by Gasteiger charge is -2.44. The SMILES string of the molecule is CCOc1ccccc1CNC(=O)CNC(=O)[C@@]1(C)CN(S(C)(=O)=O)CC(=O)N1C. The number of sulfonamides is 1. The molecule has 1 aliphatic rings. The molecule has 1 atom stereocenters. The van der Waals surface area contributed by atoms with Gasteiger partial charge in [-0.3, -0.25) is 14.4 Å². The van der Waals surface area contributed by atoms with Gasteiger partial charge in [0.25, 0.3) is 0 Å². The quantitative estimate of drug-likeness (QED) is 0.551. The Hall–Kier alpha value is -2.66. The van der Waals surface area contributed by atoms with Crippen LogP contribution < -0.4 is 15.4 Å². The maximum atomic E-state index is 12.7. The van der Waals surface area contributed by atoms with Crippen molar-refractivity contribution in [3.8, 4) is 5.75 Å². The molecule has 2 rings (SSSR count). The predicted molar refractivity (Wildman–Crippen MR) is 110 cm³/mol. The number of hydrogen-bond acceptors (Lipinski definition) is 6. The number of carbonyl (C=O) groups excluding carboxylic acids is 3. The zero-order valence-electron chi connectivity index (χ0n) is 17.6. The number of rotatable bonds is 8. The van der Waals surface area contributed by atoms with Gasteiger partial charge in [0.15, 0.2) is 0 Å². The van der Waals surface area contributed by atoms with E-state index in [2.05, 4.69) is 10.6 Å². The van der Waals surface area contributed by atoms with Crippen molar-refractivity contribution in [2.24, 2.45) is 0 Å². The Morgan fingerprint density at radius 3 is 2.53 bits per heavy atom. The lowest BCUT2D eigenvalue weighted by molar-refractivity contribution is -0.150. The third-order valence-corrected chi connectivity index (χ3v) is 6.22. The van der Waals surface area contributed by atoms with Crippen molar-refractivity contribution in [1.29, 1.82) is 0 Å². The molecule has 0 radical (unpaired) electrons. The molecule has 1 aromatic rings. The summed E-state index contributed by atoms with van der Waals surface area (Å²) < 4.78 is 30.2. The highest BCUT2D eigenvalue weighted by Gasteiger charge is 2.47. The van der Waals surface area contributed by atoms with Gasteiger partial charge in [-0.1, -0.05) is 18.2 Å². The molecule has 1 heterocycles. The summed E-state index contributed by atoms with van der Waals surface area (Å²) >= 11 is 0. The third-order valence-electron chi connectivity index (χ3n) is 5.03. The molecule has 1 saturated heterocycles. The summed E-state index contributed by atoms with van der Waals surface area (Å²) in [7, 11) is -2.21. The molecule has 11 heteroatoms. The lowest BCUT2D eigenvalue weighted by atomic mass is 9.96. The highest BCUT2D eigenvalue weighted by molar-refractivity contribution is 7.88. The third kappa shape index (κ3) is 5.48. The number of benzene rings is 1. The molecule has 0 unspecified atom stereocenters. The standard InChI is InChI=1S/C19H28N4O6S/c1-5-29-15-9-7-6-8-14(15)10-20-16(24)11-21-18(26)19(2)13-23(30(4,27)28)12-17(25)22(19)3/h6-9H,5,10-13H2,1-4H3,(H,20,24)(H,21,26)/t19-/m1/s1. The van der Waals surface area contributed by atoms with Crippen LogP contribution in [0.25, 0.3) is 0 Å². The monoisotopic (exact) mass is 440 g/mol. The zero-order chi connectivity index (χ0) is 22.5. The molecule has 30 heavy (non-hydrogen) atoms. The van der Waals surface area contributed by atoms with Gasteiger partial charge < -0.3 is 20.3 Å². The van der Waals surface area contributed by atoms with Crippen LogP contribution in [0.1, 0.15) is 19.4 Å². The minimum atomic E-state index is -3.65. The molecule has 0 spiro atoms. The normalized spacial score (nSPS) is 20.0. The van der Waals surface area contributed by atoms with Gasteiger partial charge in [0.1, 0.15) is 11.3 Å². The zero-order valence-corrected chi connectivity index (χ0v) is 18.4. The van der Waals surface area contributed by atoms with Crippen LogP contribution in [0.2, 0.25) is 0 Å². The average Bonchev–Trinajstić information content (AvgIpc) is 2.68. The molecule has 10 nitrogen and oxygen atoms in total. The number of amides is 3. The number of ether oxygens (including phenoxy) is 1. The smallest absolute Gasteiger partial charge is 0.247 e. The van der Waals surface area contributed by atoms with Crippen molar-refractivity contribution < 1.29 is 27.5 Å². The van der Waals surface area contributed by atoms with Crippen LogP contribution in [0.5, 0.6) is 5.75 Å². The van der Waals surface area contributed by atoms with Crippen molar-refractivity contribution in [3.05, 3.63) is 29.8 Å². The minimum absolute atomic E-state index is 0.191. The van der Waals surface area contributed by atoms with Crippen LogP contribution in [0.4, 0.5) is 0 Å². The van der Waals surface area contributed by atoms with E-state index in [0.29, 0.717) is 12.4 Å². The second-order valence-electron chi connectivity index (χ2n) is 7.26. The van der Waals surface area contributed by atoms with Crippen LogP contribution in [0.3, 0.4) is 0 Å². The minimum Gasteiger partial charge on any atom is -0.494 e. The van der Waals surface area contributed by atoms with Crippen molar-refractivity contribution in [2.45, 2.75) is 25.9 Å². The molecule has 0 aromatic heterocycles. The van der Waals surface area contributed by atoms with E-state index in [1.165, 1.54) is 18.9 Å². The van der Waals surface area contributed by atoms with E-state index in [4.69, 9.17) is 4.74 Å². The first-order valence-corrected chi connectivity index (χ1v) is 11.3. The fourth-order valence-electron chi connectivity index (χ4n) is 3.05. The largest absolute Gasteiger partial charge is 0.494 e. The number of para-hydroxylation sites is 1. The van der Waals surface area contributed by atoms with Gasteiger partial charge in [0.05, 0.1) is 26.0 Å². The van der Waals surface area contributed by atoms with E-state index in [0.717, 1.165) is 16.1 Å². The maximum absolute atomic E-state index is 12.7. The van der Waals surface area contributed by atoms with Crippen LogP contribution in [0, 0.1) is 0 Å². The number of likely N-dealkylation sites (N-methyl/N-ethyl adjacent to an activating group) is 1. The highest BCUT2D eigenvalue weighted by Crippen LogP contribution is 2.23.